The Labute approximate surface area is 132 Å². The molecule has 1 amide bonds. The first-order valence-corrected chi connectivity index (χ1v) is 7.18. The molecule has 0 unspecified atom stereocenters. The fourth-order valence-electron chi connectivity index (χ4n) is 2.39. The molecule has 0 saturated carbocycles. The van der Waals surface area contributed by atoms with Crippen LogP contribution in [0, 0.1) is 0 Å². The number of nitrogens with one attached hydrogen (secondary N) is 2. The van der Waals surface area contributed by atoms with E-state index in [9.17, 15) is 9.59 Å². The second-order valence-electron chi connectivity index (χ2n) is 5.06. The molecule has 2 N–H and O–H groups in total. The fraction of sp³-hybridized carbons (Fsp3) is 0.176. The number of methoxy groups -OCH3 is 1. The number of hydrogen-bond donors (Lipinski definition) is 2. The highest BCUT2D eigenvalue weighted by molar-refractivity contribution is 5.91. The average molecular weight is 312 g/mol. The Morgan fingerprint density at radius 1 is 1.30 bits per heavy atom. The number of ether oxygens (including phenoxy) is 1. The van der Waals surface area contributed by atoms with E-state index in [1.54, 1.807) is 7.11 Å². The number of fused-ring (bicyclic) bond motifs is 1. The lowest BCUT2D eigenvalue weighted by Gasteiger charge is -2.04. The lowest BCUT2D eigenvalue weighted by atomic mass is 10.1. The van der Waals surface area contributed by atoms with Crippen LogP contribution >= 0.6 is 0 Å². The summed E-state index contributed by atoms with van der Waals surface area (Å²) in [5.41, 5.74) is 1.83. The molecule has 1 aromatic carbocycles. The molecule has 0 aliphatic rings. The van der Waals surface area contributed by atoms with Gasteiger partial charge in [-0.1, -0.05) is 0 Å². The zero-order chi connectivity index (χ0) is 16.2. The van der Waals surface area contributed by atoms with Gasteiger partial charge in [0.1, 0.15) is 5.75 Å². The number of hydrogen-bond acceptors (Lipinski definition) is 4. The highest BCUT2D eigenvalue weighted by Crippen LogP contribution is 2.23. The van der Waals surface area contributed by atoms with Crippen LogP contribution in [0.2, 0.25) is 0 Å². The van der Waals surface area contributed by atoms with Gasteiger partial charge in [-0.2, -0.15) is 0 Å². The van der Waals surface area contributed by atoms with E-state index < -0.39 is 5.91 Å². The van der Waals surface area contributed by atoms with E-state index in [0.717, 1.165) is 22.2 Å². The highest BCUT2D eigenvalue weighted by Gasteiger charge is 2.09. The van der Waals surface area contributed by atoms with Gasteiger partial charge in [0.05, 0.1) is 13.4 Å². The first kappa shape index (κ1) is 14.9. The minimum Gasteiger partial charge on any atom is -0.497 e. The molecule has 23 heavy (non-hydrogen) atoms. The summed E-state index contributed by atoms with van der Waals surface area (Å²) in [6, 6.07) is 8.23. The number of aromatic amines is 1. The Morgan fingerprint density at radius 3 is 2.96 bits per heavy atom. The minimum atomic E-state index is -0.403. The summed E-state index contributed by atoms with van der Waals surface area (Å²) in [4.78, 5) is 26.3. The third-order valence-electron chi connectivity index (χ3n) is 3.58. The molecule has 0 radical (unpaired) electrons. The van der Waals surface area contributed by atoms with Crippen LogP contribution in [0.15, 0.2) is 52.0 Å². The van der Waals surface area contributed by atoms with Crippen molar-refractivity contribution in [1.29, 1.82) is 0 Å². The van der Waals surface area contributed by atoms with E-state index in [-0.39, 0.29) is 11.2 Å². The van der Waals surface area contributed by atoms with Gasteiger partial charge in [0.15, 0.2) is 11.2 Å². The highest BCUT2D eigenvalue weighted by atomic mass is 16.5. The van der Waals surface area contributed by atoms with E-state index in [0.29, 0.717) is 13.0 Å². The fourth-order valence-corrected chi connectivity index (χ4v) is 2.39. The van der Waals surface area contributed by atoms with Gasteiger partial charge < -0.3 is 19.5 Å². The molecular weight excluding hydrogens is 296 g/mol. The van der Waals surface area contributed by atoms with Crippen molar-refractivity contribution in [2.75, 3.05) is 13.7 Å². The van der Waals surface area contributed by atoms with Crippen molar-refractivity contribution in [3.05, 3.63) is 64.3 Å². The number of carbonyl (C=O) groups excluding carboxylic acids is 1. The Kier molecular flexibility index (Phi) is 4.14. The number of H-pyrrole nitrogens is 1. The monoisotopic (exact) mass is 312 g/mol. The van der Waals surface area contributed by atoms with Crippen molar-refractivity contribution in [1.82, 2.24) is 10.3 Å². The molecule has 118 valence electrons. The largest absolute Gasteiger partial charge is 0.497 e. The third-order valence-corrected chi connectivity index (χ3v) is 3.58. The van der Waals surface area contributed by atoms with Crippen molar-refractivity contribution >= 4 is 16.8 Å². The first-order valence-electron chi connectivity index (χ1n) is 7.18. The Hall–Kier alpha value is -3.02. The summed E-state index contributed by atoms with van der Waals surface area (Å²) in [7, 11) is 1.63. The van der Waals surface area contributed by atoms with Gasteiger partial charge in [0, 0.05) is 35.8 Å². The maximum absolute atomic E-state index is 11.9. The van der Waals surface area contributed by atoms with Gasteiger partial charge in [-0.05, 0) is 30.2 Å². The topological polar surface area (TPSA) is 84.3 Å². The molecule has 2 aromatic heterocycles. The van der Waals surface area contributed by atoms with Gasteiger partial charge in [-0.3, -0.25) is 9.59 Å². The zero-order valence-electron chi connectivity index (χ0n) is 12.6. The predicted molar refractivity (Wildman–Crippen MR) is 85.9 cm³/mol. The van der Waals surface area contributed by atoms with Crippen molar-refractivity contribution in [3.8, 4) is 5.75 Å². The predicted octanol–water partition coefficient (Wildman–Crippen LogP) is 2.10. The molecule has 0 saturated heterocycles. The third kappa shape index (κ3) is 3.26. The molecule has 0 fully saturated rings. The minimum absolute atomic E-state index is 0.0121. The van der Waals surface area contributed by atoms with Crippen LogP contribution in [0.5, 0.6) is 5.75 Å². The number of aromatic nitrogens is 1. The molecule has 0 bridgehead atoms. The Balaban J connectivity index is 1.67. The van der Waals surface area contributed by atoms with Crippen LogP contribution in [0.1, 0.15) is 16.1 Å². The van der Waals surface area contributed by atoms with E-state index in [4.69, 9.17) is 9.15 Å². The lowest BCUT2D eigenvalue weighted by Crippen LogP contribution is -2.26. The summed E-state index contributed by atoms with van der Waals surface area (Å²) >= 11 is 0. The molecule has 6 heteroatoms. The molecule has 0 atom stereocenters. The average Bonchev–Trinajstić information content (AvgIpc) is 2.97. The number of rotatable bonds is 5. The summed E-state index contributed by atoms with van der Waals surface area (Å²) in [6.07, 6.45) is 3.78. The maximum atomic E-state index is 11.9. The number of benzene rings is 1. The second-order valence-corrected chi connectivity index (χ2v) is 5.06. The number of amides is 1. The van der Waals surface area contributed by atoms with Gasteiger partial charge in [-0.15, -0.1) is 0 Å². The zero-order valence-corrected chi connectivity index (χ0v) is 12.6. The molecule has 3 aromatic rings. The van der Waals surface area contributed by atoms with Crippen LogP contribution in [-0.2, 0) is 6.42 Å². The Morgan fingerprint density at radius 2 is 2.17 bits per heavy atom. The maximum Gasteiger partial charge on any atom is 0.287 e. The molecule has 0 spiro atoms. The summed E-state index contributed by atoms with van der Waals surface area (Å²) in [6.45, 7) is 0.432. The lowest BCUT2D eigenvalue weighted by molar-refractivity contribution is 0.0924. The van der Waals surface area contributed by atoms with Crippen LogP contribution < -0.4 is 15.5 Å². The van der Waals surface area contributed by atoms with E-state index in [1.807, 2.05) is 24.4 Å². The quantitative estimate of drug-likeness (QED) is 0.755. The smallest absolute Gasteiger partial charge is 0.287 e. The standard InChI is InChI=1S/C17H16N2O4/c1-22-13-2-3-15-14(9-13)11(10-19-15)4-6-18-17(21)16-8-12(20)5-7-23-16/h2-3,5,7-10,19H,4,6H2,1H3,(H,18,21). The normalized spacial score (nSPS) is 10.7. The molecule has 6 nitrogen and oxygen atoms in total. The van der Waals surface area contributed by atoms with Crippen molar-refractivity contribution < 1.29 is 13.9 Å². The van der Waals surface area contributed by atoms with E-state index in [1.165, 1.54) is 18.4 Å². The summed E-state index contributed by atoms with van der Waals surface area (Å²) in [5.74, 6) is 0.395. The second kappa shape index (κ2) is 6.39. The van der Waals surface area contributed by atoms with Gasteiger partial charge >= 0.3 is 0 Å². The van der Waals surface area contributed by atoms with Gasteiger partial charge in [0.2, 0.25) is 0 Å². The van der Waals surface area contributed by atoms with Crippen LogP contribution in [0.4, 0.5) is 0 Å². The number of carbonyl (C=O) groups is 1. The molecule has 3 rings (SSSR count). The van der Waals surface area contributed by atoms with Crippen LogP contribution in [-0.4, -0.2) is 24.5 Å². The Bertz CT molecular complexity index is 895. The molecule has 0 aliphatic heterocycles. The van der Waals surface area contributed by atoms with Crippen LogP contribution in [0.3, 0.4) is 0 Å². The van der Waals surface area contributed by atoms with Gasteiger partial charge in [-0.25, -0.2) is 0 Å². The summed E-state index contributed by atoms with van der Waals surface area (Å²) < 4.78 is 10.3. The van der Waals surface area contributed by atoms with Gasteiger partial charge in [0.25, 0.3) is 5.91 Å². The van der Waals surface area contributed by atoms with Crippen molar-refractivity contribution in [3.63, 3.8) is 0 Å². The molecule has 2 heterocycles. The van der Waals surface area contributed by atoms with Crippen LogP contribution in [0.25, 0.3) is 10.9 Å². The summed E-state index contributed by atoms with van der Waals surface area (Å²) in [5, 5.41) is 3.80. The van der Waals surface area contributed by atoms with E-state index >= 15 is 0 Å². The van der Waals surface area contributed by atoms with E-state index in [2.05, 4.69) is 10.3 Å². The SMILES string of the molecule is COc1ccc2[nH]cc(CCNC(=O)c3cc(=O)cco3)c2c1. The van der Waals surface area contributed by atoms with Crippen molar-refractivity contribution in [2.24, 2.45) is 0 Å². The molecule has 0 aliphatic carbocycles. The van der Waals surface area contributed by atoms with Crippen molar-refractivity contribution in [2.45, 2.75) is 6.42 Å². The molecular formula is C17H16N2O4. The first-order chi connectivity index (χ1) is 11.2.